The van der Waals surface area contributed by atoms with Gasteiger partial charge in [0, 0.05) is 6.04 Å². The number of amides is 1. The molecule has 1 heterocycles. The highest BCUT2D eigenvalue weighted by molar-refractivity contribution is 5.84. The molecule has 3 nitrogen and oxygen atoms in total. The van der Waals surface area contributed by atoms with E-state index >= 15 is 0 Å². The summed E-state index contributed by atoms with van der Waals surface area (Å²) in [4.78, 5) is 14.9. The lowest BCUT2D eigenvalue weighted by molar-refractivity contribution is -0.138. The van der Waals surface area contributed by atoms with Crippen molar-refractivity contribution in [2.45, 2.75) is 78.6 Å². The Morgan fingerprint density at radius 3 is 2.53 bits per heavy atom. The molecule has 1 N–H and O–H groups in total. The second-order valence-corrected chi connectivity index (χ2v) is 7.87. The van der Waals surface area contributed by atoms with Crippen molar-refractivity contribution in [1.29, 1.82) is 0 Å². The quantitative estimate of drug-likeness (QED) is 0.832. The van der Waals surface area contributed by atoms with Gasteiger partial charge in [-0.2, -0.15) is 0 Å². The van der Waals surface area contributed by atoms with Crippen LogP contribution in [0.25, 0.3) is 0 Å². The van der Waals surface area contributed by atoms with E-state index in [9.17, 15) is 4.79 Å². The van der Waals surface area contributed by atoms with E-state index in [1.807, 2.05) is 0 Å². The smallest absolute Gasteiger partial charge is 0.241 e. The van der Waals surface area contributed by atoms with Crippen LogP contribution in [0, 0.1) is 16.7 Å². The van der Waals surface area contributed by atoms with Crippen molar-refractivity contribution in [3.63, 3.8) is 0 Å². The van der Waals surface area contributed by atoms with Crippen molar-refractivity contribution in [3.8, 4) is 0 Å². The van der Waals surface area contributed by atoms with E-state index in [2.05, 4.69) is 44.8 Å². The van der Waals surface area contributed by atoms with Gasteiger partial charge in [-0.05, 0) is 49.4 Å². The first-order chi connectivity index (χ1) is 8.81. The van der Waals surface area contributed by atoms with Gasteiger partial charge in [0.1, 0.15) is 0 Å². The molecule has 2 saturated carbocycles. The summed E-state index contributed by atoms with van der Waals surface area (Å²) in [7, 11) is 0. The first-order valence-corrected chi connectivity index (χ1v) is 7.89. The first kappa shape index (κ1) is 13.4. The highest BCUT2D eigenvalue weighted by Gasteiger charge is 2.63. The number of hydrogen-bond acceptors (Lipinski definition) is 2. The molecule has 3 fully saturated rings. The number of carbonyl (C=O) groups excluding carboxylic acids is 1. The Morgan fingerprint density at radius 1 is 1.37 bits per heavy atom. The number of nitrogens with zero attached hydrogens (tertiary/aromatic N) is 1. The van der Waals surface area contributed by atoms with Crippen molar-refractivity contribution >= 4 is 5.91 Å². The molecule has 1 aliphatic heterocycles. The Bertz CT molecular complexity index is 401. The third-order valence-corrected chi connectivity index (χ3v) is 6.29. The molecule has 0 aromatic heterocycles. The zero-order valence-electron chi connectivity index (χ0n) is 13.0. The zero-order valence-corrected chi connectivity index (χ0v) is 13.0. The summed E-state index contributed by atoms with van der Waals surface area (Å²) in [5, 5.41) is 3.47. The average Bonchev–Trinajstić information content (AvgIpc) is 2.90. The minimum Gasteiger partial charge on any atom is -0.322 e. The van der Waals surface area contributed by atoms with E-state index in [0.29, 0.717) is 17.4 Å². The monoisotopic (exact) mass is 264 g/mol. The molecule has 5 atom stereocenters. The summed E-state index contributed by atoms with van der Waals surface area (Å²) in [5.74, 6) is 1.13. The maximum absolute atomic E-state index is 12.7. The van der Waals surface area contributed by atoms with E-state index in [4.69, 9.17) is 0 Å². The highest BCUT2D eigenvalue weighted by Crippen LogP contribution is 2.64. The second kappa shape index (κ2) is 3.97. The second-order valence-electron chi connectivity index (χ2n) is 7.87. The van der Waals surface area contributed by atoms with Crippen LogP contribution in [0.1, 0.15) is 60.3 Å². The SMILES string of the molecule is CCC1NC(C)N(C2C3(C)CCC(C3)C2(C)C)C1=O. The van der Waals surface area contributed by atoms with Gasteiger partial charge in [0.2, 0.25) is 5.91 Å². The molecule has 1 amide bonds. The van der Waals surface area contributed by atoms with Crippen molar-refractivity contribution in [1.82, 2.24) is 10.2 Å². The van der Waals surface area contributed by atoms with Crippen LogP contribution in [-0.4, -0.2) is 29.1 Å². The summed E-state index contributed by atoms with van der Waals surface area (Å²) < 4.78 is 0. The minimum atomic E-state index is 0.0357. The van der Waals surface area contributed by atoms with Gasteiger partial charge in [0.15, 0.2) is 0 Å². The van der Waals surface area contributed by atoms with Crippen LogP contribution in [0.3, 0.4) is 0 Å². The summed E-state index contributed by atoms with van der Waals surface area (Å²) in [6.07, 6.45) is 5.03. The van der Waals surface area contributed by atoms with E-state index in [-0.39, 0.29) is 17.6 Å². The van der Waals surface area contributed by atoms with Gasteiger partial charge in [0.05, 0.1) is 12.2 Å². The largest absolute Gasteiger partial charge is 0.322 e. The molecule has 0 aromatic rings. The maximum Gasteiger partial charge on any atom is 0.241 e. The Morgan fingerprint density at radius 2 is 2.05 bits per heavy atom. The fourth-order valence-electron chi connectivity index (χ4n) is 5.43. The summed E-state index contributed by atoms with van der Waals surface area (Å²) in [6, 6.07) is 0.443. The normalized spacial score (nSPS) is 48.3. The van der Waals surface area contributed by atoms with E-state index in [1.54, 1.807) is 0 Å². The van der Waals surface area contributed by atoms with Crippen LogP contribution in [0.4, 0.5) is 0 Å². The zero-order chi connectivity index (χ0) is 14.0. The molecule has 0 radical (unpaired) electrons. The van der Waals surface area contributed by atoms with Gasteiger partial charge in [-0.1, -0.05) is 27.7 Å². The molecule has 19 heavy (non-hydrogen) atoms. The van der Waals surface area contributed by atoms with Crippen molar-refractivity contribution in [2.75, 3.05) is 0 Å². The van der Waals surface area contributed by atoms with E-state index in [1.165, 1.54) is 19.3 Å². The Kier molecular flexibility index (Phi) is 2.80. The van der Waals surface area contributed by atoms with Gasteiger partial charge >= 0.3 is 0 Å². The molecule has 2 bridgehead atoms. The predicted molar refractivity (Wildman–Crippen MR) is 76.5 cm³/mol. The van der Waals surface area contributed by atoms with Gasteiger partial charge in [-0.3, -0.25) is 10.1 Å². The van der Waals surface area contributed by atoms with E-state index < -0.39 is 0 Å². The molecule has 3 heteroatoms. The molecule has 1 saturated heterocycles. The van der Waals surface area contributed by atoms with Crippen LogP contribution in [0.2, 0.25) is 0 Å². The molecule has 3 aliphatic rings. The molecule has 3 rings (SSSR count). The van der Waals surface area contributed by atoms with Crippen molar-refractivity contribution in [2.24, 2.45) is 16.7 Å². The highest BCUT2D eigenvalue weighted by atomic mass is 16.2. The van der Waals surface area contributed by atoms with E-state index in [0.717, 1.165) is 12.3 Å². The molecule has 0 spiro atoms. The Hall–Kier alpha value is -0.570. The molecular weight excluding hydrogens is 236 g/mol. The molecule has 108 valence electrons. The van der Waals surface area contributed by atoms with Crippen LogP contribution in [-0.2, 0) is 4.79 Å². The summed E-state index contributed by atoms with van der Waals surface area (Å²) in [6.45, 7) is 11.4. The number of fused-ring (bicyclic) bond motifs is 2. The molecular formula is C16H28N2O. The molecule has 2 aliphatic carbocycles. The van der Waals surface area contributed by atoms with Crippen LogP contribution in [0.5, 0.6) is 0 Å². The van der Waals surface area contributed by atoms with Crippen molar-refractivity contribution < 1.29 is 4.79 Å². The first-order valence-electron chi connectivity index (χ1n) is 7.89. The lowest BCUT2D eigenvalue weighted by Gasteiger charge is -2.48. The third-order valence-electron chi connectivity index (χ3n) is 6.29. The molecule has 5 unspecified atom stereocenters. The number of carbonyl (C=O) groups is 1. The fraction of sp³-hybridized carbons (Fsp3) is 0.938. The van der Waals surface area contributed by atoms with Gasteiger partial charge in [-0.15, -0.1) is 0 Å². The van der Waals surface area contributed by atoms with Gasteiger partial charge in [0.25, 0.3) is 0 Å². The fourth-order valence-corrected chi connectivity index (χ4v) is 5.43. The lowest BCUT2D eigenvalue weighted by Crippen LogP contribution is -2.56. The predicted octanol–water partition coefficient (Wildman–Crippen LogP) is 2.76. The Labute approximate surface area is 117 Å². The molecule has 0 aromatic carbocycles. The minimum absolute atomic E-state index is 0.0357. The van der Waals surface area contributed by atoms with Crippen molar-refractivity contribution in [3.05, 3.63) is 0 Å². The maximum atomic E-state index is 12.7. The third kappa shape index (κ3) is 1.63. The van der Waals surface area contributed by atoms with Gasteiger partial charge in [-0.25, -0.2) is 0 Å². The van der Waals surface area contributed by atoms with Crippen LogP contribution >= 0.6 is 0 Å². The van der Waals surface area contributed by atoms with Gasteiger partial charge < -0.3 is 4.90 Å². The number of hydrogen-bond donors (Lipinski definition) is 1. The summed E-state index contributed by atoms with van der Waals surface area (Å²) >= 11 is 0. The number of nitrogens with one attached hydrogen (secondary N) is 1. The topological polar surface area (TPSA) is 32.3 Å². The van der Waals surface area contributed by atoms with Crippen LogP contribution in [0.15, 0.2) is 0 Å². The lowest BCUT2D eigenvalue weighted by atomic mass is 9.67. The number of rotatable bonds is 2. The summed E-state index contributed by atoms with van der Waals surface area (Å²) in [5.41, 5.74) is 0.601. The standard InChI is InChI=1S/C16H28N2O/c1-6-12-13(19)18(10(2)17-12)14-15(3,4)11-7-8-16(14,5)9-11/h10-12,14,17H,6-9H2,1-5H3. The Balaban J connectivity index is 1.95. The van der Waals surface area contributed by atoms with Crippen LogP contribution < -0.4 is 5.32 Å². The average molecular weight is 264 g/mol.